The van der Waals surface area contributed by atoms with E-state index in [1.165, 1.54) is 0 Å². The Hall–Kier alpha value is 1.39. The van der Waals surface area contributed by atoms with Crippen molar-refractivity contribution >= 4 is 7.81 Å². The van der Waals surface area contributed by atoms with Crippen molar-refractivity contribution in [1.82, 2.24) is 0 Å². The summed E-state index contributed by atoms with van der Waals surface area (Å²) >= 11 is 0. The van der Waals surface area contributed by atoms with Gasteiger partial charge in [0.15, 0.2) is 0 Å². The fourth-order valence-corrected chi connectivity index (χ4v) is 0. The molecular formula is C2H4F6KP. The Balaban J connectivity index is -0.000000149. The van der Waals surface area contributed by atoms with Crippen molar-refractivity contribution in [2.24, 2.45) is 0 Å². The molecule has 0 aromatic carbocycles. The summed E-state index contributed by atoms with van der Waals surface area (Å²) in [4.78, 5) is 0. The molecule has 0 spiro atoms. The summed E-state index contributed by atoms with van der Waals surface area (Å²) in [5.41, 5.74) is 0. The Morgan fingerprint density at radius 3 is 0.700 bits per heavy atom. The Kier molecular flexibility index (Phi) is 5.95. The average Bonchev–Trinajstić information content (AvgIpc) is 1.30. The summed E-state index contributed by atoms with van der Waals surface area (Å²) in [5, 5.41) is 0. The van der Waals surface area contributed by atoms with Crippen LogP contribution in [0.25, 0.3) is 0 Å². The zero-order chi connectivity index (χ0) is 8.41. The van der Waals surface area contributed by atoms with Gasteiger partial charge < -0.3 is 0 Å². The van der Waals surface area contributed by atoms with Crippen LogP contribution in [-0.4, -0.2) is 0 Å². The van der Waals surface area contributed by atoms with E-state index in [-0.39, 0.29) is 51.4 Å². The predicted molar refractivity (Wildman–Crippen MR) is 24.8 cm³/mol. The van der Waals surface area contributed by atoms with Gasteiger partial charge in [0.05, 0.1) is 0 Å². The van der Waals surface area contributed by atoms with Crippen LogP contribution in [0.15, 0.2) is 13.2 Å². The molecule has 0 unspecified atom stereocenters. The predicted octanol–water partition coefficient (Wildman–Crippen LogP) is 1.19. The van der Waals surface area contributed by atoms with Crippen LogP contribution in [0.2, 0.25) is 0 Å². The summed E-state index contributed by atoms with van der Waals surface area (Å²) in [5.74, 6) is 0. The molecule has 0 aliphatic heterocycles. The molecule has 0 atom stereocenters. The molecule has 0 aromatic heterocycles. The molecule has 0 nitrogen and oxygen atoms in total. The first-order valence-corrected chi connectivity index (χ1v) is 3.54. The van der Waals surface area contributed by atoms with Crippen molar-refractivity contribution in [3.63, 3.8) is 0 Å². The zero-order valence-corrected chi connectivity index (χ0v) is 9.15. The monoisotopic (exact) mass is 212 g/mol. The van der Waals surface area contributed by atoms with Crippen molar-refractivity contribution in [3.8, 4) is 0 Å². The third kappa shape index (κ3) is 343. The molecule has 0 aromatic rings. The summed E-state index contributed by atoms with van der Waals surface area (Å²) in [6.07, 6.45) is 0. The molecule has 10 heavy (non-hydrogen) atoms. The summed E-state index contributed by atoms with van der Waals surface area (Å²) in [6, 6.07) is 0. The number of hydrogen-bond donors (Lipinski definition) is 0. The fraction of sp³-hybridized carbons (Fsp3) is 0. The minimum Gasteiger partial charge on any atom is 1.00 e. The van der Waals surface area contributed by atoms with Gasteiger partial charge in [-0.3, -0.25) is 0 Å². The van der Waals surface area contributed by atoms with E-state index < -0.39 is 7.81 Å². The normalized spacial score (nSPS) is 16.6. The first-order chi connectivity index (χ1) is 3.45. The summed E-state index contributed by atoms with van der Waals surface area (Å²) in [6.45, 7) is 6.00. The van der Waals surface area contributed by atoms with E-state index in [0.29, 0.717) is 0 Å². The molecule has 0 heterocycles. The maximum atomic E-state index is 9.87. The maximum Gasteiger partial charge on any atom is 1.00 e. The fourth-order valence-electron chi connectivity index (χ4n) is 0. The zero-order valence-electron chi connectivity index (χ0n) is 5.13. The van der Waals surface area contributed by atoms with Gasteiger partial charge in [-0.2, -0.15) is 0 Å². The second-order valence-electron chi connectivity index (χ2n) is 0.958. The molecule has 0 aliphatic rings. The molecule has 0 aliphatic carbocycles. The van der Waals surface area contributed by atoms with E-state index in [9.17, 15) is 25.2 Å². The summed E-state index contributed by atoms with van der Waals surface area (Å²) < 4.78 is 59.2. The van der Waals surface area contributed by atoms with Gasteiger partial charge in [-0.05, 0) is 0 Å². The Morgan fingerprint density at radius 1 is 0.700 bits per heavy atom. The van der Waals surface area contributed by atoms with Crippen LogP contribution >= 0.6 is 7.81 Å². The topological polar surface area (TPSA) is 0 Å². The van der Waals surface area contributed by atoms with Gasteiger partial charge in [0.2, 0.25) is 0 Å². The molecule has 8 heteroatoms. The molecule has 60 valence electrons. The van der Waals surface area contributed by atoms with E-state index in [1.54, 1.807) is 0 Å². The molecule has 0 bridgehead atoms. The molecule has 0 radical (unpaired) electrons. The number of halogens is 6. The molecular weight excluding hydrogens is 208 g/mol. The Morgan fingerprint density at radius 2 is 0.700 bits per heavy atom. The van der Waals surface area contributed by atoms with Crippen LogP contribution in [-0.2, 0) is 0 Å². The molecule has 0 amide bonds. The van der Waals surface area contributed by atoms with Gasteiger partial charge >= 0.3 is 84.4 Å². The molecule has 0 rings (SSSR count). The van der Waals surface area contributed by atoms with Crippen molar-refractivity contribution in [2.45, 2.75) is 0 Å². The van der Waals surface area contributed by atoms with E-state index in [2.05, 4.69) is 13.2 Å². The minimum atomic E-state index is -10.7. The van der Waals surface area contributed by atoms with Crippen molar-refractivity contribution < 1.29 is 76.6 Å². The van der Waals surface area contributed by atoms with Gasteiger partial charge in [0.1, 0.15) is 0 Å². The van der Waals surface area contributed by atoms with Crippen LogP contribution < -0.4 is 51.4 Å². The van der Waals surface area contributed by atoms with Gasteiger partial charge in [0, 0.05) is 0 Å². The quantitative estimate of drug-likeness (QED) is 0.245. The van der Waals surface area contributed by atoms with Crippen LogP contribution in [0.3, 0.4) is 0 Å². The second-order valence-corrected chi connectivity index (χ2v) is 2.87. The molecule has 0 N–H and O–H groups in total. The van der Waals surface area contributed by atoms with Gasteiger partial charge in [-0.1, -0.05) is 0 Å². The first-order valence-electron chi connectivity index (χ1n) is 1.51. The number of hydrogen-bond acceptors (Lipinski definition) is 0. The van der Waals surface area contributed by atoms with Gasteiger partial charge in [0.25, 0.3) is 0 Å². The van der Waals surface area contributed by atoms with Crippen molar-refractivity contribution in [2.75, 3.05) is 0 Å². The smallest absolute Gasteiger partial charge is 1.00 e. The van der Waals surface area contributed by atoms with E-state index in [0.717, 1.165) is 0 Å². The van der Waals surface area contributed by atoms with Gasteiger partial charge in [-0.15, -0.1) is 13.2 Å². The van der Waals surface area contributed by atoms with Crippen molar-refractivity contribution in [3.05, 3.63) is 13.2 Å². The average molecular weight is 212 g/mol. The van der Waals surface area contributed by atoms with Crippen LogP contribution in [0.5, 0.6) is 0 Å². The van der Waals surface area contributed by atoms with Gasteiger partial charge in [-0.25, -0.2) is 0 Å². The van der Waals surface area contributed by atoms with E-state index in [1.807, 2.05) is 0 Å². The third-order valence-corrected chi connectivity index (χ3v) is 0. The molecule has 0 fully saturated rings. The minimum absolute atomic E-state index is 0. The Bertz CT molecular complexity index is 85.1. The first kappa shape index (κ1) is 17.5. The largest absolute Gasteiger partial charge is 1.00 e. The standard InChI is InChI=1S/C2H4.F6P.K/c1-2;1-7(2,3,4,5)6;/h1-2H2;;/q;-1;+1. The van der Waals surface area contributed by atoms with Crippen LogP contribution in [0.1, 0.15) is 0 Å². The third-order valence-electron chi connectivity index (χ3n) is 0. The Labute approximate surface area is 96.3 Å². The maximum absolute atomic E-state index is 10.7. The second kappa shape index (κ2) is 3.41. The number of rotatable bonds is 0. The van der Waals surface area contributed by atoms with Crippen LogP contribution in [0, 0.1) is 0 Å². The van der Waals surface area contributed by atoms with Crippen molar-refractivity contribution in [1.29, 1.82) is 0 Å². The summed E-state index contributed by atoms with van der Waals surface area (Å²) in [7, 11) is -10.7. The molecule has 0 saturated heterocycles. The SMILES string of the molecule is C=C.F[P-](F)(F)(F)(F)F.[K+]. The van der Waals surface area contributed by atoms with Crippen LogP contribution in [0.4, 0.5) is 25.2 Å². The molecule has 0 saturated carbocycles. The van der Waals surface area contributed by atoms with E-state index in [4.69, 9.17) is 0 Å². The van der Waals surface area contributed by atoms with E-state index >= 15 is 0 Å².